The Morgan fingerprint density at radius 3 is 2.53 bits per heavy atom. The van der Waals surface area contributed by atoms with E-state index >= 15 is 0 Å². The van der Waals surface area contributed by atoms with E-state index in [0.29, 0.717) is 36.1 Å². The van der Waals surface area contributed by atoms with Crippen molar-refractivity contribution in [2.24, 2.45) is 9.98 Å². The van der Waals surface area contributed by atoms with Crippen molar-refractivity contribution in [3.05, 3.63) is 87.2 Å². The predicted molar refractivity (Wildman–Crippen MR) is 182 cm³/mol. The van der Waals surface area contributed by atoms with Crippen LogP contribution >= 0.6 is 27.7 Å². The number of aliphatic hydroxyl groups is 2. The standard InChI is InChI=1S/C29H37N6O5P3/c1-3-19-12-22(23(38)13-21(19)32-17(2)6-5-9-36)33-28(31-16-37)34-29(40)35(15-20-7-4-8-30-27(20)39)14-18-10-24(41)26(43)25(42)11-18/h3-4,7-8,10-13,16-17,36,38H,5-6,9,14-15,41-43H2,1-2H3,(H,30,39)(H2,31,33,34,37,40)/b19-3-,32-21-. The van der Waals surface area contributed by atoms with Gasteiger partial charge in [0.1, 0.15) is 5.76 Å². The Kier molecular flexibility index (Phi) is 13.0. The third-order valence-electron chi connectivity index (χ3n) is 6.46. The average Bonchev–Trinajstić information content (AvgIpc) is 2.96. The molecule has 1 heterocycles. The lowest BCUT2D eigenvalue weighted by molar-refractivity contribution is -0.108. The number of hydrogen-bond donors (Lipinski definition) is 5. The summed E-state index contributed by atoms with van der Waals surface area (Å²) in [6.45, 7) is 3.91. The van der Waals surface area contributed by atoms with Gasteiger partial charge >= 0.3 is 6.03 Å². The van der Waals surface area contributed by atoms with Gasteiger partial charge in [-0.3, -0.25) is 19.9 Å². The SMILES string of the molecule is C/C=C1/C=C(N/C(=N/C(=O)N(Cc2cc(P)c(P)c(P)c2)Cc2ccc[nH]c2=O)NC=O)C(O)=C/C1=N/C(C)CCCO. The molecule has 2 aromatic rings. The van der Waals surface area contributed by atoms with Crippen LogP contribution in [-0.4, -0.2) is 56.9 Å². The largest absolute Gasteiger partial charge is 0.506 e. The molecule has 0 saturated carbocycles. The number of amides is 3. The lowest BCUT2D eigenvalue weighted by Crippen LogP contribution is -2.40. The number of urea groups is 1. The molecule has 1 aromatic carbocycles. The molecule has 228 valence electrons. The van der Waals surface area contributed by atoms with E-state index in [1.807, 2.05) is 32.1 Å². The van der Waals surface area contributed by atoms with Crippen molar-refractivity contribution in [3.8, 4) is 0 Å². The highest BCUT2D eigenvalue weighted by atomic mass is 31.0. The van der Waals surface area contributed by atoms with Crippen molar-refractivity contribution in [1.29, 1.82) is 0 Å². The van der Waals surface area contributed by atoms with Gasteiger partial charge in [-0.2, -0.15) is 4.99 Å². The highest BCUT2D eigenvalue weighted by molar-refractivity contribution is 7.40. The first-order chi connectivity index (χ1) is 20.6. The summed E-state index contributed by atoms with van der Waals surface area (Å²) in [7, 11) is 7.98. The number of nitrogens with zero attached hydrogens (tertiary/aromatic N) is 3. The fourth-order valence-corrected chi connectivity index (χ4v) is 5.32. The van der Waals surface area contributed by atoms with E-state index in [4.69, 9.17) is 5.11 Å². The Morgan fingerprint density at radius 2 is 1.91 bits per heavy atom. The van der Waals surface area contributed by atoms with Crippen molar-refractivity contribution in [3.63, 3.8) is 0 Å². The molecule has 0 radical (unpaired) electrons. The van der Waals surface area contributed by atoms with Crippen LogP contribution in [0.4, 0.5) is 4.79 Å². The van der Waals surface area contributed by atoms with E-state index < -0.39 is 6.03 Å². The zero-order chi connectivity index (χ0) is 31.5. The molecular weight excluding hydrogens is 605 g/mol. The van der Waals surface area contributed by atoms with Gasteiger partial charge in [0.15, 0.2) is 0 Å². The molecule has 43 heavy (non-hydrogen) atoms. The molecule has 0 saturated heterocycles. The number of aliphatic hydroxyl groups excluding tert-OH is 2. The lowest BCUT2D eigenvalue weighted by Gasteiger charge is -2.22. The Balaban J connectivity index is 1.92. The van der Waals surface area contributed by atoms with Crippen LogP contribution in [0.5, 0.6) is 0 Å². The van der Waals surface area contributed by atoms with Gasteiger partial charge in [-0.15, -0.1) is 27.7 Å². The molecule has 0 aliphatic heterocycles. The Bertz CT molecular complexity index is 1540. The van der Waals surface area contributed by atoms with Crippen molar-refractivity contribution in [2.75, 3.05) is 6.61 Å². The maximum atomic E-state index is 13.6. The van der Waals surface area contributed by atoms with Gasteiger partial charge in [-0.1, -0.05) is 12.1 Å². The quantitative estimate of drug-likeness (QED) is 0.115. The van der Waals surface area contributed by atoms with Gasteiger partial charge in [0.25, 0.3) is 5.56 Å². The molecule has 3 rings (SSSR count). The minimum Gasteiger partial charge on any atom is -0.506 e. The van der Waals surface area contributed by atoms with Gasteiger partial charge < -0.3 is 25.4 Å². The summed E-state index contributed by atoms with van der Waals surface area (Å²) in [5, 5.41) is 27.9. The summed E-state index contributed by atoms with van der Waals surface area (Å²) in [6, 6.07) is 6.33. The number of carbonyl (C=O) groups excluding carboxylic acids is 2. The third-order valence-corrected chi connectivity index (χ3v) is 8.75. The lowest BCUT2D eigenvalue weighted by atomic mass is 10.0. The molecular formula is C29H37N6O5P3. The summed E-state index contributed by atoms with van der Waals surface area (Å²) < 4.78 is 0. The number of aliphatic imine (C=N–C) groups is 2. The number of aromatic amines is 1. The van der Waals surface area contributed by atoms with Crippen LogP contribution in [0.15, 0.2) is 80.5 Å². The first-order valence-electron chi connectivity index (χ1n) is 13.5. The predicted octanol–water partition coefficient (Wildman–Crippen LogP) is 1.58. The number of allylic oxidation sites excluding steroid dienone is 4. The van der Waals surface area contributed by atoms with E-state index in [1.165, 1.54) is 17.2 Å². The number of pyridine rings is 1. The molecule has 0 spiro atoms. The highest BCUT2D eigenvalue weighted by Gasteiger charge is 2.21. The minimum atomic E-state index is -0.725. The Morgan fingerprint density at radius 1 is 1.19 bits per heavy atom. The van der Waals surface area contributed by atoms with Crippen LogP contribution in [0.2, 0.25) is 0 Å². The molecule has 0 fully saturated rings. The second kappa shape index (κ2) is 16.4. The zero-order valence-electron chi connectivity index (χ0n) is 24.0. The molecule has 1 aromatic heterocycles. The number of aromatic nitrogens is 1. The van der Waals surface area contributed by atoms with E-state index in [9.17, 15) is 19.5 Å². The highest BCUT2D eigenvalue weighted by Crippen LogP contribution is 2.19. The third kappa shape index (κ3) is 9.77. The summed E-state index contributed by atoms with van der Waals surface area (Å²) in [5.74, 6) is -0.387. The van der Waals surface area contributed by atoms with Crippen molar-refractivity contribution in [1.82, 2.24) is 20.5 Å². The van der Waals surface area contributed by atoms with Gasteiger partial charge in [0, 0.05) is 37.0 Å². The van der Waals surface area contributed by atoms with E-state index in [1.54, 1.807) is 18.2 Å². The molecule has 1 aliphatic rings. The Hall–Kier alpha value is -3.48. The second-order valence-electron chi connectivity index (χ2n) is 9.76. The molecule has 11 nitrogen and oxygen atoms in total. The van der Waals surface area contributed by atoms with Crippen LogP contribution in [0, 0.1) is 0 Å². The van der Waals surface area contributed by atoms with Gasteiger partial charge in [0.05, 0.1) is 18.0 Å². The molecule has 4 atom stereocenters. The maximum Gasteiger partial charge on any atom is 0.347 e. The number of rotatable bonds is 10. The zero-order valence-corrected chi connectivity index (χ0v) is 27.5. The molecule has 3 amide bonds. The monoisotopic (exact) mass is 642 g/mol. The molecule has 14 heteroatoms. The fraction of sp³-hybridized carbons (Fsp3) is 0.276. The number of benzene rings is 1. The first-order valence-corrected chi connectivity index (χ1v) is 15.2. The van der Waals surface area contributed by atoms with E-state index in [2.05, 4.69) is 53.3 Å². The summed E-state index contributed by atoms with van der Waals surface area (Å²) in [6.07, 6.45) is 8.10. The van der Waals surface area contributed by atoms with Crippen LogP contribution < -0.4 is 32.1 Å². The van der Waals surface area contributed by atoms with Crippen molar-refractivity contribution < 1.29 is 19.8 Å². The topological polar surface area (TPSA) is 159 Å². The molecule has 0 bridgehead atoms. The average molecular weight is 643 g/mol. The smallest absolute Gasteiger partial charge is 0.347 e. The minimum absolute atomic E-state index is 0.0429. The number of hydrogen-bond acceptors (Lipinski definition) is 6. The maximum absolute atomic E-state index is 13.6. The van der Waals surface area contributed by atoms with Gasteiger partial charge in [-0.25, -0.2) is 4.79 Å². The van der Waals surface area contributed by atoms with E-state index in [0.717, 1.165) is 21.5 Å². The summed E-state index contributed by atoms with van der Waals surface area (Å²) >= 11 is 0. The van der Waals surface area contributed by atoms with E-state index in [-0.39, 0.29) is 48.7 Å². The number of H-pyrrole nitrogens is 1. The molecule has 5 N–H and O–H groups in total. The number of carbonyl (C=O) groups is 2. The second-order valence-corrected chi connectivity index (χ2v) is 11.6. The van der Waals surface area contributed by atoms with Crippen LogP contribution in [0.25, 0.3) is 0 Å². The van der Waals surface area contributed by atoms with Crippen LogP contribution in [0.3, 0.4) is 0 Å². The normalized spacial score (nSPS) is 16.0. The number of nitrogens with one attached hydrogen (secondary N) is 3. The van der Waals surface area contributed by atoms with Crippen LogP contribution in [0.1, 0.15) is 37.8 Å². The molecule has 4 unspecified atom stereocenters. The fourth-order valence-electron chi connectivity index (χ4n) is 4.22. The summed E-state index contributed by atoms with van der Waals surface area (Å²) in [5.41, 5.74) is 2.29. The van der Waals surface area contributed by atoms with Crippen molar-refractivity contribution >= 4 is 67.7 Å². The number of guanidine groups is 1. The first kappa shape index (κ1) is 34.0. The van der Waals surface area contributed by atoms with Gasteiger partial charge in [0.2, 0.25) is 12.4 Å². The van der Waals surface area contributed by atoms with Crippen LogP contribution in [-0.2, 0) is 17.9 Å². The Labute approximate surface area is 257 Å². The van der Waals surface area contributed by atoms with Gasteiger partial charge in [-0.05, 0) is 78.0 Å². The molecule has 1 aliphatic carbocycles. The summed E-state index contributed by atoms with van der Waals surface area (Å²) in [4.78, 5) is 50.2. The van der Waals surface area contributed by atoms with Crippen molar-refractivity contribution in [2.45, 2.75) is 45.8 Å².